The minimum atomic E-state index is -0.274. The highest BCUT2D eigenvalue weighted by Crippen LogP contribution is 2.15. The van der Waals surface area contributed by atoms with Gasteiger partial charge in [0.05, 0.1) is 29.8 Å². The molecule has 1 aliphatic heterocycles. The molecule has 0 radical (unpaired) electrons. The molecule has 0 spiro atoms. The van der Waals surface area contributed by atoms with Crippen LogP contribution in [0.2, 0.25) is 5.02 Å². The van der Waals surface area contributed by atoms with Gasteiger partial charge in [0.15, 0.2) is 0 Å². The normalized spacial score (nSPS) is 15.2. The number of benzene rings is 2. The van der Waals surface area contributed by atoms with Gasteiger partial charge < -0.3 is 20.7 Å². The summed E-state index contributed by atoms with van der Waals surface area (Å²) < 4.78 is 5.41. The first-order chi connectivity index (χ1) is 14.6. The molecule has 1 unspecified atom stereocenters. The fourth-order valence-corrected chi connectivity index (χ4v) is 3.49. The molecule has 2 aromatic rings. The van der Waals surface area contributed by atoms with Gasteiger partial charge in [0.25, 0.3) is 5.91 Å². The van der Waals surface area contributed by atoms with Gasteiger partial charge in [-0.15, -0.1) is 0 Å². The number of amides is 3. The van der Waals surface area contributed by atoms with Gasteiger partial charge in [-0.2, -0.15) is 0 Å². The summed E-state index contributed by atoms with van der Waals surface area (Å²) in [4.78, 5) is 26.9. The molecule has 3 amide bonds. The SMILES string of the molecule is O=C(NCCNC(=O)c1ccccc1Cl)NC(CN1CCOCC1)c1ccccc1. The average Bonchev–Trinajstić information content (AvgIpc) is 2.78. The van der Waals surface area contributed by atoms with Crippen LogP contribution in [0.15, 0.2) is 54.6 Å². The molecular formula is C22H27ClN4O3. The fraction of sp³-hybridized carbons (Fsp3) is 0.364. The van der Waals surface area contributed by atoms with Gasteiger partial charge in [-0.3, -0.25) is 9.69 Å². The second-order valence-corrected chi connectivity index (χ2v) is 7.42. The minimum absolute atomic E-state index is 0.137. The Hall–Kier alpha value is -2.61. The summed E-state index contributed by atoms with van der Waals surface area (Å²) >= 11 is 6.03. The van der Waals surface area contributed by atoms with Crippen molar-refractivity contribution in [3.63, 3.8) is 0 Å². The summed E-state index contributed by atoms with van der Waals surface area (Å²) in [6, 6.07) is 16.3. The zero-order valence-electron chi connectivity index (χ0n) is 16.8. The Morgan fingerprint density at radius 2 is 1.63 bits per heavy atom. The Morgan fingerprint density at radius 3 is 2.37 bits per heavy atom. The lowest BCUT2D eigenvalue weighted by atomic mass is 10.1. The van der Waals surface area contributed by atoms with Crippen LogP contribution >= 0.6 is 11.6 Å². The number of nitrogens with one attached hydrogen (secondary N) is 3. The molecule has 3 N–H and O–H groups in total. The lowest BCUT2D eigenvalue weighted by Crippen LogP contribution is -2.46. The van der Waals surface area contributed by atoms with Gasteiger partial charge in [-0.1, -0.05) is 54.1 Å². The van der Waals surface area contributed by atoms with Crippen LogP contribution in [0.25, 0.3) is 0 Å². The van der Waals surface area contributed by atoms with Gasteiger partial charge in [0.1, 0.15) is 0 Å². The second-order valence-electron chi connectivity index (χ2n) is 7.01. The molecular weight excluding hydrogens is 404 g/mol. The highest BCUT2D eigenvalue weighted by molar-refractivity contribution is 6.33. The Kier molecular flexibility index (Phi) is 8.50. The number of hydrogen-bond acceptors (Lipinski definition) is 4. The predicted octanol–water partition coefficient (Wildman–Crippen LogP) is 2.44. The van der Waals surface area contributed by atoms with E-state index in [9.17, 15) is 9.59 Å². The molecule has 1 heterocycles. The zero-order valence-corrected chi connectivity index (χ0v) is 17.5. The molecule has 1 fully saturated rings. The van der Waals surface area contributed by atoms with Crippen LogP contribution in [-0.4, -0.2) is 62.8 Å². The smallest absolute Gasteiger partial charge is 0.315 e. The van der Waals surface area contributed by atoms with Gasteiger partial charge in [0, 0.05) is 32.7 Å². The number of hydrogen-bond donors (Lipinski definition) is 3. The van der Waals surface area contributed by atoms with E-state index in [2.05, 4.69) is 20.9 Å². The Morgan fingerprint density at radius 1 is 0.967 bits per heavy atom. The van der Waals surface area contributed by atoms with Crippen molar-refractivity contribution < 1.29 is 14.3 Å². The van der Waals surface area contributed by atoms with Crippen molar-refractivity contribution in [2.45, 2.75) is 6.04 Å². The van der Waals surface area contributed by atoms with Crippen molar-refractivity contribution in [3.8, 4) is 0 Å². The summed E-state index contributed by atoms with van der Waals surface area (Å²) in [5, 5.41) is 9.00. The van der Waals surface area contributed by atoms with Crippen molar-refractivity contribution in [1.29, 1.82) is 0 Å². The van der Waals surface area contributed by atoms with Gasteiger partial charge in [-0.05, 0) is 17.7 Å². The Bertz CT molecular complexity index is 828. The Balaban J connectivity index is 1.47. The van der Waals surface area contributed by atoms with Crippen molar-refractivity contribution >= 4 is 23.5 Å². The largest absolute Gasteiger partial charge is 0.379 e. The molecule has 160 valence electrons. The molecule has 2 aromatic carbocycles. The highest BCUT2D eigenvalue weighted by atomic mass is 35.5. The molecule has 30 heavy (non-hydrogen) atoms. The van der Waals surface area contributed by atoms with E-state index in [4.69, 9.17) is 16.3 Å². The number of rotatable bonds is 8. The number of carbonyl (C=O) groups excluding carboxylic acids is 2. The summed E-state index contributed by atoms with van der Waals surface area (Å²) in [5.74, 6) is -0.266. The number of halogens is 1. The predicted molar refractivity (Wildman–Crippen MR) is 117 cm³/mol. The maximum absolute atomic E-state index is 12.4. The van der Waals surface area contributed by atoms with Gasteiger partial charge >= 0.3 is 6.03 Å². The van der Waals surface area contributed by atoms with Crippen LogP contribution in [0, 0.1) is 0 Å². The molecule has 0 saturated carbocycles. The van der Waals surface area contributed by atoms with E-state index in [1.54, 1.807) is 24.3 Å². The first-order valence-electron chi connectivity index (χ1n) is 10.1. The second kappa shape index (κ2) is 11.5. The lowest BCUT2D eigenvalue weighted by molar-refractivity contribution is 0.0340. The van der Waals surface area contributed by atoms with Crippen molar-refractivity contribution in [1.82, 2.24) is 20.9 Å². The van der Waals surface area contributed by atoms with Crippen LogP contribution in [-0.2, 0) is 4.74 Å². The maximum Gasteiger partial charge on any atom is 0.315 e. The number of ether oxygens (including phenoxy) is 1. The zero-order chi connectivity index (χ0) is 21.2. The van der Waals surface area contributed by atoms with E-state index in [-0.39, 0.29) is 18.0 Å². The van der Waals surface area contributed by atoms with Crippen LogP contribution in [0.3, 0.4) is 0 Å². The van der Waals surface area contributed by atoms with Crippen molar-refractivity contribution in [3.05, 3.63) is 70.7 Å². The summed E-state index contributed by atoms with van der Waals surface area (Å²) in [6.45, 7) is 4.43. The standard InChI is InChI=1S/C22H27ClN4O3/c23-19-9-5-4-8-18(19)21(28)24-10-11-25-22(29)26-20(17-6-2-1-3-7-17)16-27-12-14-30-15-13-27/h1-9,20H,10-16H2,(H,24,28)(H2,25,26,29). The van der Waals surface area contributed by atoms with Gasteiger partial charge in [-0.25, -0.2) is 4.79 Å². The molecule has 1 atom stereocenters. The number of urea groups is 1. The molecule has 8 heteroatoms. The quantitative estimate of drug-likeness (QED) is 0.562. The first kappa shape index (κ1) is 22.1. The summed E-state index contributed by atoms with van der Waals surface area (Å²) in [6.07, 6.45) is 0. The number of nitrogens with zero attached hydrogens (tertiary/aromatic N) is 1. The third kappa shape index (κ3) is 6.73. The monoisotopic (exact) mass is 430 g/mol. The number of carbonyl (C=O) groups is 2. The molecule has 3 rings (SSSR count). The van der Waals surface area contributed by atoms with E-state index in [1.165, 1.54) is 0 Å². The third-order valence-electron chi connectivity index (χ3n) is 4.87. The molecule has 0 aliphatic carbocycles. The summed E-state index contributed by atoms with van der Waals surface area (Å²) in [7, 11) is 0. The van der Waals surface area contributed by atoms with E-state index < -0.39 is 0 Å². The molecule has 0 aromatic heterocycles. The molecule has 7 nitrogen and oxygen atoms in total. The van der Waals surface area contributed by atoms with E-state index in [0.717, 1.165) is 18.7 Å². The highest BCUT2D eigenvalue weighted by Gasteiger charge is 2.20. The molecule has 1 saturated heterocycles. The van der Waals surface area contributed by atoms with Gasteiger partial charge in [0.2, 0.25) is 0 Å². The number of morpholine rings is 1. The average molecular weight is 431 g/mol. The van der Waals surface area contributed by atoms with E-state index in [1.807, 2.05) is 30.3 Å². The first-order valence-corrected chi connectivity index (χ1v) is 10.4. The van der Waals surface area contributed by atoms with E-state index in [0.29, 0.717) is 43.4 Å². The van der Waals surface area contributed by atoms with Crippen LogP contribution < -0.4 is 16.0 Å². The van der Waals surface area contributed by atoms with Crippen molar-refractivity contribution in [2.75, 3.05) is 45.9 Å². The lowest BCUT2D eigenvalue weighted by Gasteiger charge is -2.31. The minimum Gasteiger partial charge on any atom is -0.379 e. The van der Waals surface area contributed by atoms with Crippen LogP contribution in [0.4, 0.5) is 4.79 Å². The molecule has 1 aliphatic rings. The van der Waals surface area contributed by atoms with Crippen molar-refractivity contribution in [2.24, 2.45) is 0 Å². The third-order valence-corrected chi connectivity index (χ3v) is 5.20. The molecule has 0 bridgehead atoms. The van der Waals surface area contributed by atoms with E-state index >= 15 is 0 Å². The Labute approximate surface area is 181 Å². The van der Waals surface area contributed by atoms with Crippen LogP contribution in [0.1, 0.15) is 22.0 Å². The fourth-order valence-electron chi connectivity index (χ4n) is 3.26. The summed E-state index contributed by atoms with van der Waals surface area (Å²) in [5.41, 5.74) is 1.46. The van der Waals surface area contributed by atoms with Crippen LogP contribution in [0.5, 0.6) is 0 Å². The topological polar surface area (TPSA) is 82.7 Å². The maximum atomic E-state index is 12.4.